The highest BCUT2D eigenvalue weighted by molar-refractivity contribution is 5.95. The highest BCUT2D eigenvalue weighted by Gasteiger charge is 2.10. The Labute approximate surface area is 123 Å². The van der Waals surface area contributed by atoms with Gasteiger partial charge in [-0.3, -0.25) is 4.79 Å². The molecule has 0 atom stereocenters. The number of benzene rings is 1. The molecular weight excluding hydrogens is 266 g/mol. The Hall–Kier alpha value is -2.58. The number of hydrogen-bond donors (Lipinski definition) is 2. The first-order valence-electron chi connectivity index (χ1n) is 6.56. The minimum Gasteiger partial charge on any atom is -0.384 e. The number of amides is 1. The molecule has 0 bridgehead atoms. The number of nitrogens with zero attached hydrogens (tertiary/aromatic N) is 2. The molecule has 0 unspecified atom stereocenters. The van der Waals surface area contributed by atoms with Gasteiger partial charge in [0.05, 0.1) is 6.54 Å². The molecule has 0 saturated heterocycles. The summed E-state index contributed by atoms with van der Waals surface area (Å²) in [5.41, 5.74) is 2.16. The summed E-state index contributed by atoms with van der Waals surface area (Å²) in [5, 5.41) is 11.6. The van der Waals surface area contributed by atoms with Crippen molar-refractivity contribution in [1.82, 2.24) is 14.9 Å². The lowest BCUT2D eigenvalue weighted by Gasteiger charge is -2.08. The molecule has 2 rings (SSSR count). The molecule has 108 valence electrons. The Bertz CT molecular complexity index is 708. The number of nitrogens with one attached hydrogen (secondary N) is 1. The topological polar surface area (TPSA) is 67.2 Å². The van der Waals surface area contributed by atoms with Crippen LogP contribution in [0.15, 0.2) is 30.6 Å². The van der Waals surface area contributed by atoms with E-state index in [2.05, 4.69) is 22.1 Å². The van der Waals surface area contributed by atoms with Crippen molar-refractivity contribution in [3.05, 3.63) is 53.1 Å². The second-order valence-corrected chi connectivity index (χ2v) is 4.63. The molecule has 0 aliphatic carbocycles. The van der Waals surface area contributed by atoms with Crippen molar-refractivity contribution >= 4 is 5.91 Å². The average molecular weight is 283 g/mol. The van der Waals surface area contributed by atoms with Gasteiger partial charge < -0.3 is 15.0 Å². The van der Waals surface area contributed by atoms with E-state index in [4.69, 9.17) is 5.11 Å². The number of rotatable bonds is 3. The third-order valence-corrected chi connectivity index (χ3v) is 3.12. The Kier molecular flexibility index (Phi) is 4.75. The van der Waals surface area contributed by atoms with Gasteiger partial charge in [-0.25, -0.2) is 4.98 Å². The van der Waals surface area contributed by atoms with Crippen molar-refractivity contribution < 1.29 is 9.90 Å². The Morgan fingerprint density at radius 3 is 2.95 bits per heavy atom. The van der Waals surface area contributed by atoms with E-state index in [9.17, 15) is 4.79 Å². The molecule has 2 aromatic rings. The zero-order chi connectivity index (χ0) is 15.2. The monoisotopic (exact) mass is 283 g/mol. The smallest absolute Gasteiger partial charge is 0.251 e. The Balaban J connectivity index is 2.13. The van der Waals surface area contributed by atoms with Crippen LogP contribution in [0.1, 0.15) is 27.3 Å². The molecule has 0 radical (unpaired) electrons. The minimum absolute atomic E-state index is 0.164. The summed E-state index contributed by atoms with van der Waals surface area (Å²) in [6.45, 7) is 2.04. The van der Waals surface area contributed by atoms with E-state index in [0.29, 0.717) is 17.7 Å². The lowest BCUT2D eigenvalue weighted by Crippen LogP contribution is -2.25. The zero-order valence-electron chi connectivity index (χ0n) is 12.1. The van der Waals surface area contributed by atoms with Crippen LogP contribution in [-0.2, 0) is 13.6 Å². The number of aromatic nitrogens is 2. The van der Waals surface area contributed by atoms with Crippen LogP contribution < -0.4 is 5.32 Å². The molecule has 1 aromatic carbocycles. The largest absolute Gasteiger partial charge is 0.384 e. The molecule has 0 saturated carbocycles. The van der Waals surface area contributed by atoms with E-state index >= 15 is 0 Å². The van der Waals surface area contributed by atoms with Crippen molar-refractivity contribution in [2.75, 3.05) is 6.61 Å². The zero-order valence-corrected chi connectivity index (χ0v) is 12.1. The van der Waals surface area contributed by atoms with Crippen LogP contribution in [0.5, 0.6) is 0 Å². The van der Waals surface area contributed by atoms with E-state index < -0.39 is 0 Å². The van der Waals surface area contributed by atoms with Gasteiger partial charge >= 0.3 is 0 Å². The predicted octanol–water partition coefficient (Wildman–Crippen LogP) is 1.00. The molecule has 1 aromatic heterocycles. The number of aliphatic hydroxyl groups is 1. The van der Waals surface area contributed by atoms with Gasteiger partial charge in [0.2, 0.25) is 0 Å². The van der Waals surface area contributed by atoms with Crippen LogP contribution in [0, 0.1) is 18.8 Å². The molecule has 0 aliphatic heterocycles. The van der Waals surface area contributed by atoms with Crippen LogP contribution in [0.4, 0.5) is 0 Å². The number of carbonyl (C=O) groups excluding carboxylic acids is 1. The summed E-state index contributed by atoms with van der Waals surface area (Å²) in [4.78, 5) is 16.4. The fraction of sp³-hybridized carbons (Fsp3) is 0.250. The maximum absolute atomic E-state index is 12.3. The summed E-state index contributed by atoms with van der Waals surface area (Å²) < 4.78 is 1.86. The van der Waals surface area contributed by atoms with E-state index in [1.54, 1.807) is 12.3 Å². The first-order chi connectivity index (χ1) is 10.1. The average Bonchev–Trinajstić information content (AvgIpc) is 2.89. The SMILES string of the molecule is Cc1ccc(C#CCO)cc1C(=O)NCc1nccn1C. The molecule has 1 amide bonds. The fourth-order valence-electron chi connectivity index (χ4n) is 1.91. The van der Waals surface area contributed by atoms with Gasteiger partial charge in [-0.2, -0.15) is 0 Å². The van der Waals surface area contributed by atoms with E-state index in [1.807, 2.05) is 36.9 Å². The van der Waals surface area contributed by atoms with Gasteiger partial charge in [0.1, 0.15) is 12.4 Å². The highest BCUT2D eigenvalue weighted by Crippen LogP contribution is 2.11. The Morgan fingerprint density at radius 1 is 1.48 bits per heavy atom. The summed E-state index contributed by atoms with van der Waals surface area (Å²) in [7, 11) is 1.88. The molecule has 0 fully saturated rings. The van der Waals surface area contributed by atoms with Gasteiger partial charge in [-0.15, -0.1) is 0 Å². The number of aliphatic hydroxyl groups excluding tert-OH is 1. The summed E-state index contributed by atoms with van der Waals surface area (Å²) in [6, 6.07) is 5.40. The first kappa shape index (κ1) is 14.8. The van der Waals surface area contributed by atoms with Crippen LogP contribution in [-0.4, -0.2) is 27.2 Å². The van der Waals surface area contributed by atoms with Crippen molar-refractivity contribution in [3.63, 3.8) is 0 Å². The van der Waals surface area contributed by atoms with E-state index in [0.717, 1.165) is 11.4 Å². The molecule has 21 heavy (non-hydrogen) atoms. The number of imidazole rings is 1. The molecule has 0 aliphatic rings. The quantitative estimate of drug-likeness (QED) is 0.826. The molecule has 5 nitrogen and oxygen atoms in total. The van der Waals surface area contributed by atoms with Crippen LogP contribution in [0.25, 0.3) is 0 Å². The van der Waals surface area contributed by atoms with Gasteiger partial charge in [0.25, 0.3) is 5.91 Å². The molecule has 5 heteroatoms. The molecule has 0 spiro atoms. The van der Waals surface area contributed by atoms with Gasteiger partial charge in [0.15, 0.2) is 0 Å². The second kappa shape index (κ2) is 6.73. The summed E-state index contributed by atoms with van der Waals surface area (Å²) in [6.07, 6.45) is 3.52. The fourth-order valence-corrected chi connectivity index (χ4v) is 1.91. The normalized spacial score (nSPS) is 9.86. The maximum atomic E-state index is 12.3. The number of aryl methyl sites for hydroxylation is 2. The predicted molar refractivity (Wildman–Crippen MR) is 79.5 cm³/mol. The molecular formula is C16H17N3O2. The number of hydrogen-bond acceptors (Lipinski definition) is 3. The van der Waals surface area contributed by atoms with Crippen molar-refractivity contribution in [1.29, 1.82) is 0 Å². The number of carbonyl (C=O) groups is 1. The standard InChI is InChI=1S/C16H17N3O2/c1-12-5-6-13(4-3-9-20)10-14(12)16(21)18-11-15-17-7-8-19(15)2/h5-8,10,20H,9,11H2,1-2H3,(H,18,21). The lowest BCUT2D eigenvalue weighted by molar-refractivity contribution is 0.0949. The van der Waals surface area contributed by atoms with E-state index in [1.165, 1.54) is 0 Å². The minimum atomic E-state index is -0.200. The highest BCUT2D eigenvalue weighted by atomic mass is 16.2. The third kappa shape index (κ3) is 3.71. The van der Waals surface area contributed by atoms with Crippen molar-refractivity contribution in [2.24, 2.45) is 7.05 Å². The van der Waals surface area contributed by atoms with Gasteiger partial charge in [-0.1, -0.05) is 17.9 Å². The summed E-state index contributed by atoms with van der Waals surface area (Å²) in [5.74, 6) is 6.00. The maximum Gasteiger partial charge on any atom is 0.251 e. The summed E-state index contributed by atoms with van der Waals surface area (Å²) >= 11 is 0. The molecule has 1 heterocycles. The van der Waals surface area contributed by atoms with E-state index in [-0.39, 0.29) is 12.5 Å². The van der Waals surface area contributed by atoms with Gasteiger partial charge in [-0.05, 0) is 24.6 Å². The first-order valence-corrected chi connectivity index (χ1v) is 6.56. The third-order valence-electron chi connectivity index (χ3n) is 3.12. The Morgan fingerprint density at radius 2 is 2.29 bits per heavy atom. The van der Waals surface area contributed by atoms with Gasteiger partial charge in [0, 0.05) is 30.6 Å². The molecule has 2 N–H and O–H groups in total. The van der Waals surface area contributed by atoms with Crippen LogP contribution in [0.3, 0.4) is 0 Å². The lowest BCUT2D eigenvalue weighted by atomic mass is 10.0. The second-order valence-electron chi connectivity index (χ2n) is 4.63. The van der Waals surface area contributed by atoms with Crippen LogP contribution >= 0.6 is 0 Å². The van der Waals surface area contributed by atoms with Crippen LogP contribution in [0.2, 0.25) is 0 Å². The van der Waals surface area contributed by atoms with Crippen molar-refractivity contribution in [3.8, 4) is 11.8 Å². The van der Waals surface area contributed by atoms with Crippen molar-refractivity contribution in [2.45, 2.75) is 13.5 Å².